The topological polar surface area (TPSA) is 121 Å². The summed E-state index contributed by atoms with van der Waals surface area (Å²) in [6, 6.07) is 3.16. The Bertz CT molecular complexity index is 579. The van der Waals surface area contributed by atoms with Gasteiger partial charge in [-0.2, -0.15) is 4.57 Å². The SMILES string of the molecule is CC[C@@H](C)OC(=O)OC[n+]1cccc(C(=O)NCCO[N+](=O)[O-])c1. The molecule has 0 aliphatic rings. The second-order valence-corrected chi connectivity index (χ2v) is 4.78. The molecule has 10 heteroatoms. The lowest BCUT2D eigenvalue weighted by atomic mass is 10.2. The second kappa shape index (κ2) is 9.98. The van der Waals surface area contributed by atoms with Crippen LogP contribution in [0.2, 0.25) is 0 Å². The van der Waals surface area contributed by atoms with Crippen LogP contribution >= 0.6 is 0 Å². The third-order valence-corrected chi connectivity index (χ3v) is 2.91. The van der Waals surface area contributed by atoms with Crippen molar-refractivity contribution in [3.05, 3.63) is 40.2 Å². The van der Waals surface area contributed by atoms with Crippen LogP contribution in [0, 0.1) is 10.1 Å². The van der Waals surface area contributed by atoms with E-state index >= 15 is 0 Å². The van der Waals surface area contributed by atoms with Gasteiger partial charge in [0.05, 0.1) is 0 Å². The standard InChI is InChI=1S/C14H19N3O7/c1-3-11(2)24-14(19)22-10-16-7-4-5-12(9-16)13(18)15-6-8-23-17(20)21/h4-5,7,9,11H,3,6,8,10H2,1-2H3/p+1/t11-/m1/s1. The zero-order chi connectivity index (χ0) is 17.9. The maximum atomic E-state index is 11.9. The predicted molar refractivity (Wildman–Crippen MR) is 79.2 cm³/mol. The number of hydrogen-bond acceptors (Lipinski definition) is 7. The third-order valence-electron chi connectivity index (χ3n) is 2.91. The van der Waals surface area contributed by atoms with Crippen LogP contribution in [0.3, 0.4) is 0 Å². The molecule has 0 radical (unpaired) electrons. The van der Waals surface area contributed by atoms with E-state index in [2.05, 4.69) is 10.2 Å². The van der Waals surface area contributed by atoms with Crippen LogP contribution in [0.1, 0.15) is 30.6 Å². The average molecular weight is 342 g/mol. The average Bonchev–Trinajstić information content (AvgIpc) is 2.56. The van der Waals surface area contributed by atoms with E-state index < -0.39 is 17.1 Å². The minimum atomic E-state index is -0.932. The van der Waals surface area contributed by atoms with Gasteiger partial charge >= 0.3 is 6.16 Å². The summed E-state index contributed by atoms with van der Waals surface area (Å²) in [5.41, 5.74) is 0.303. The fraction of sp³-hybridized carbons (Fsp3) is 0.500. The fourth-order valence-corrected chi connectivity index (χ4v) is 1.53. The molecule has 1 aromatic heterocycles. The van der Waals surface area contributed by atoms with Crippen molar-refractivity contribution in [3.8, 4) is 0 Å². The van der Waals surface area contributed by atoms with Gasteiger partial charge in [0.1, 0.15) is 18.3 Å². The lowest BCUT2D eigenvalue weighted by Gasteiger charge is -2.09. The maximum absolute atomic E-state index is 11.9. The van der Waals surface area contributed by atoms with Gasteiger partial charge < -0.3 is 19.6 Å². The van der Waals surface area contributed by atoms with Crippen molar-refractivity contribution < 1.29 is 33.6 Å². The van der Waals surface area contributed by atoms with Crippen LogP contribution in [0.25, 0.3) is 0 Å². The Balaban J connectivity index is 2.46. The van der Waals surface area contributed by atoms with Gasteiger partial charge in [-0.25, -0.2) is 4.79 Å². The molecule has 24 heavy (non-hydrogen) atoms. The Morgan fingerprint density at radius 2 is 2.21 bits per heavy atom. The van der Waals surface area contributed by atoms with Gasteiger partial charge in [0.25, 0.3) is 17.7 Å². The predicted octanol–water partition coefficient (Wildman–Crippen LogP) is 0.821. The Labute approximate surface area is 138 Å². The minimum absolute atomic E-state index is 0.00750. The molecule has 1 N–H and O–H groups in total. The smallest absolute Gasteiger partial charge is 0.431 e. The first-order chi connectivity index (χ1) is 11.4. The van der Waals surface area contributed by atoms with Crippen LogP contribution < -0.4 is 9.88 Å². The van der Waals surface area contributed by atoms with Gasteiger partial charge in [0.15, 0.2) is 12.4 Å². The van der Waals surface area contributed by atoms with Crippen molar-refractivity contribution in [1.82, 2.24) is 5.32 Å². The summed E-state index contributed by atoms with van der Waals surface area (Å²) in [5, 5.41) is 11.5. The number of nitrogens with zero attached hydrogens (tertiary/aromatic N) is 2. The van der Waals surface area contributed by atoms with Crippen molar-refractivity contribution in [2.75, 3.05) is 13.2 Å². The second-order valence-electron chi connectivity index (χ2n) is 4.78. The Morgan fingerprint density at radius 3 is 2.88 bits per heavy atom. The Kier molecular flexibility index (Phi) is 7.96. The number of nitrogens with one attached hydrogen (secondary N) is 1. The molecule has 10 nitrogen and oxygen atoms in total. The van der Waals surface area contributed by atoms with Crippen molar-refractivity contribution in [2.24, 2.45) is 0 Å². The first kappa shape index (κ1) is 19.1. The molecule has 0 aromatic carbocycles. The molecule has 0 unspecified atom stereocenters. The minimum Gasteiger partial charge on any atom is -0.431 e. The van der Waals surface area contributed by atoms with Crippen LogP contribution in [0.5, 0.6) is 0 Å². The molecule has 0 saturated heterocycles. The van der Waals surface area contributed by atoms with Crippen molar-refractivity contribution >= 4 is 12.1 Å². The number of carbonyl (C=O) groups excluding carboxylic acids is 2. The van der Waals surface area contributed by atoms with Gasteiger partial charge in [-0.15, -0.1) is 10.1 Å². The highest BCUT2D eigenvalue weighted by Gasteiger charge is 2.14. The quantitative estimate of drug-likeness (QED) is 0.232. The van der Waals surface area contributed by atoms with Gasteiger partial charge in [0.2, 0.25) is 0 Å². The number of carbonyl (C=O) groups is 2. The van der Waals surface area contributed by atoms with Gasteiger partial charge in [-0.1, -0.05) is 6.92 Å². The molecule has 1 aromatic rings. The highest BCUT2D eigenvalue weighted by Crippen LogP contribution is 1.99. The molecule has 0 aliphatic heterocycles. The third kappa shape index (κ3) is 7.38. The van der Waals surface area contributed by atoms with Gasteiger partial charge in [-0.3, -0.25) is 4.79 Å². The van der Waals surface area contributed by atoms with E-state index in [-0.39, 0.29) is 26.0 Å². The highest BCUT2D eigenvalue weighted by atomic mass is 16.9. The molecule has 1 amide bonds. The van der Waals surface area contributed by atoms with E-state index in [4.69, 9.17) is 9.47 Å². The summed E-state index contributed by atoms with van der Waals surface area (Å²) < 4.78 is 11.4. The van der Waals surface area contributed by atoms with Crippen LogP contribution in [-0.4, -0.2) is 36.4 Å². The summed E-state index contributed by atoms with van der Waals surface area (Å²) in [5.74, 6) is -0.432. The summed E-state index contributed by atoms with van der Waals surface area (Å²) in [6.45, 7) is 3.27. The largest absolute Gasteiger partial charge is 0.513 e. The van der Waals surface area contributed by atoms with E-state index in [9.17, 15) is 19.7 Å². The molecular formula is C14H20N3O7+. The van der Waals surface area contributed by atoms with E-state index in [0.29, 0.717) is 12.0 Å². The number of rotatable bonds is 9. The van der Waals surface area contributed by atoms with E-state index in [1.807, 2.05) is 6.92 Å². The molecule has 0 spiro atoms. The number of pyridine rings is 1. The normalized spacial score (nSPS) is 11.2. The molecule has 0 bridgehead atoms. The monoisotopic (exact) mass is 342 g/mol. The van der Waals surface area contributed by atoms with Crippen LogP contribution in [0.15, 0.2) is 24.5 Å². The Hall–Kier alpha value is -2.91. The van der Waals surface area contributed by atoms with E-state index in [1.54, 1.807) is 25.3 Å². The van der Waals surface area contributed by atoms with Crippen molar-refractivity contribution in [1.29, 1.82) is 0 Å². The molecule has 0 saturated carbocycles. The summed E-state index contributed by atoms with van der Waals surface area (Å²) in [7, 11) is 0. The molecule has 1 rings (SSSR count). The molecule has 1 heterocycles. The first-order valence-corrected chi connectivity index (χ1v) is 7.30. The lowest BCUT2D eigenvalue weighted by Crippen LogP contribution is -2.38. The zero-order valence-electron chi connectivity index (χ0n) is 13.5. The zero-order valence-corrected chi connectivity index (χ0v) is 13.5. The molecule has 1 atom stereocenters. The van der Waals surface area contributed by atoms with Crippen LogP contribution in [0.4, 0.5) is 4.79 Å². The van der Waals surface area contributed by atoms with E-state index in [1.165, 1.54) is 10.8 Å². The van der Waals surface area contributed by atoms with Crippen LogP contribution in [-0.2, 0) is 21.0 Å². The fourth-order valence-electron chi connectivity index (χ4n) is 1.53. The number of aromatic nitrogens is 1. The molecular weight excluding hydrogens is 322 g/mol. The summed E-state index contributed by atoms with van der Waals surface area (Å²) in [6.07, 6.45) is 2.74. The lowest BCUT2D eigenvalue weighted by molar-refractivity contribution is -0.757. The summed E-state index contributed by atoms with van der Waals surface area (Å²) >= 11 is 0. The molecule has 0 fully saturated rings. The number of ether oxygens (including phenoxy) is 2. The maximum Gasteiger partial charge on any atom is 0.513 e. The highest BCUT2D eigenvalue weighted by molar-refractivity contribution is 5.93. The number of amides is 1. The Morgan fingerprint density at radius 1 is 1.46 bits per heavy atom. The van der Waals surface area contributed by atoms with Crippen molar-refractivity contribution in [3.63, 3.8) is 0 Å². The van der Waals surface area contributed by atoms with Crippen molar-refractivity contribution in [2.45, 2.75) is 33.1 Å². The van der Waals surface area contributed by atoms with E-state index in [0.717, 1.165) is 0 Å². The van der Waals surface area contributed by atoms with Gasteiger partial charge in [-0.05, 0) is 19.4 Å². The summed E-state index contributed by atoms with van der Waals surface area (Å²) in [4.78, 5) is 37.4. The molecule has 0 aliphatic carbocycles. The first-order valence-electron chi connectivity index (χ1n) is 7.30. The molecule has 132 valence electrons. The van der Waals surface area contributed by atoms with Gasteiger partial charge in [0, 0.05) is 12.6 Å². The number of hydrogen-bond donors (Lipinski definition) is 1.